The lowest BCUT2D eigenvalue weighted by molar-refractivity contribution is 0.578. The van der Waals surface area contributed by atoms with Gasteiger partial charge in [0.25, 0.3) is 0 Å². The van der Waals surface area contributed by atoms with Crippen molar-refractivity contribution in [3.63, 3.8) is 0 Å². The lowest BCUT2D eigenvalue weighted by Crippen LogP contribution is -2.29. The van der Waals surface area contributed by atoms with Gasteiger partial charge in [-0.15, -0.1) is 0 Å². The van der Waals surface area contributed by atoms with Gasteiger partial charge < -0.3 is 15.5 Å². The first-order valence-electron chi connectivity index (χ1n) is 9.66. The molecule has 1 aromatic heterocycles. The number of anilines is 5. The van der Waals surface area contributed by atoms with Gasteiger partial charge in [-0.3, -0.25) is 0 Å². The van der Waals surface area contributed by atoms with E-state index in [2.05, 4.69) is 49.8 Å². The molecule has 6 heteroatoms. The second-order valence-electron chi connectivity index (χ2n) is 7.07. The van der Waals surface area contributed by atoms with Crippen molar-refractivity contribution in [2.45, 2.75) is 26.2 Å². The van der Waals surface area contributed by atoms with Crippen LogP contribution in [0.15, 0.2) is 54.6 Å². The molecule has 2 N–H and O–H groups in total. The van der Waals surface area contributed by atoms with Crippen LogP contribution in [0.4, 0.5) is 33.2 Å². The molecule has 0 bridgehead atoms. The van der Waals surface area contributed by atoms with E-state index in [0.717, 1.165) is 30.2 Å². The van der Waals surface area contributed by atoms with Gasteiger partial charge in [0, 0.05) is 41.9 Å². The smallest absolute Gasteiger partial charge is 0.229 e. The van der Waals surface area contributed by atoms with E-state index in [0.29, 0.717) is 11.8 Å². The van der Waals surface area contributed by atoms with E-state index in [1.54, 1.807) is 12.1 Å². The predicted octanol–water partition coefficient (Wildman–Crippen LogP) is 5.40. The first-order chi connectivity index (χ1) is 13.7. The van der Waals surface area contributed by atoms with Crippen LogP contribution in [0.25, 0.3) is 0 Å². The van der Waals surface area contributed by atoms with Gasteiger partial charge in [-0.2, -0.15) is 4.98 Å². The number of hydrogen-bond donors (Lipinski definition) is 2. The molecule has 3 aromatic rings. The number of benzene rings is 2. The number of nitrogens with one attached hydrogen (secondary N) is 2. The minimum Gasteiger partial charge on any atom is -0.372 e. The highest BCUT2D eigenvalue weighted by Gasteiger charge is 2.11. The van der Waals surface area contributed by atoms with Crippen LogP contribution in [-0.4, -0.2) is 23.1 Å². The standard InChI is InChI=1S/C22H24FN5/c1-16-15-21(27-22(24-16)26-19-7-5-17(23)6-8-19)25-18-9-11-20(12-10-18)28-13-3-2-4-14-28/h5-12,15H,2-4,13-14H2,1H3,(H2,24,25,26,27). The SMILES string of the molecule is Cc1cc(Nc2ccc(N3CCCCC3)cc2)nc(Nc2ccc(F)cc2)n1. The van der Waals surface area contributed by atoms with E-state index in [-0.39, 0.29) is 5.82 Å². The summed E-state index contributed by atoms with van der Waals surface area (Å²) in [5.74, 6) is 0.910. The quantitative estimate of drug-likeness (QED) is 0.623. The summed E-state index contributed by atoms with van der Waals surface area (Å²) < 4.78 is 13.1. The van der Waals surface area contributed by atoms with Crippen LogP contribution >= 0.6 is 0 Å². The molecule has 0 atom stereocenters. The maximum atomic E-state index is 13.1. The fourth-order valence-electron chi connectivity index (χ4n) is 3.41. The molecular formula is C22H24FN5. The molecule has 5 nitrogen and oxygen atoms in total. The van der Waals surface area contributed by atoms with Crippen molar-refractivity contribution in [3.05, 3.63) is 66.1 Å². The minimum atomic E-state index is -0.272. The lowest BCUT2D eigenvalue weighted by atomic mass is 10.1. The van der Waals surface area contributed by atoms with Crippen molar-refractivity contribution in [2.24, 2.45) is 0 Å². The zero-order chi connectivity index (χ0) is 19.3. The number of aryl methyl sites for hydroxylation is 1. The molecule has 28 heavy (non-hydrogen) atoms. The number of aromatic nitrogens is 2. The Kier molecular flexibility index (Phi) is 5.37. The average Bonchev–Trinajstić information content (AvgIpc) is 2.71. The first-order valence-corrected chi connectivity index (χ1v) is 9.66. The van der Waals surface area contributed by atoms with E-state index < -0.39 is 0 Å². The second-order valence-corrected chi connectivity index (χ2v) is 7.07. The number of rotatable bonds is 5. The third kappa shape index (κ3) is 4.57. The molecule has 4 rings (SSSR count). The van der Waals surface area contributed by atoms with E-state index in [1.165, 1.54) is 37.1 Å². The largest absolute Gasteiger partial charge is 0.372 e. The molecule has 1 aliphatic heterocycles. The summed E-state index contributed by atoms with van der Waals surface area (Å²) in [7, 11) is 0. The van der Waals surface area contributed by atoms with Crippen molar-refractivity contribution >= 4 is 28.8 Å². The zero-order valence-corrected chi connectivity index (χ0v) is 16.0. The molecule has 0 saturated carbocycles. The van der Waals surface area contributed by atoms with Crippen molar-refractivity contribution in [1.82, 2.24) is 9.97 Å². The molecule has 1 aliphatic rings. The highest BCUT2D eigenvalue weighted by Crippen LogP contribution is 2.24. The fraction of sp³-hybridized carbons (Fsp3) is 0.273. The molecule has 1 saturated heterocycles. The summed E-state index contributed by atoms with van der Waals surface area (Å²) in [6, 6.07) is 16.5. The third-order valence-electron chi connectivity index (χ3n) is 4.82. The maximum absolute atomic E-state index is 13.1. The topological polar surface area (TPSA) is 53.1 Å². The Morgan fingerprint density at radius 1 is 0.821 bits per heavy atom. The molecule has 144 valence electrons. The highest BCUT2D eigenvalue weighted by atomic mass is 19.1. The lowest BCUT2D eigenvalue weighted by Gasteiger charge is -2.28. The maximum Gasteiger partial charge on any atom is 0.229 e. The highest BCUT2D eigenvalue weighted by molar-refractivity contribution is 5.63. The van der Waals surface area contributed by atoms with Crippen LogP contribution in [-0.2, 0) is 0 Å². The summed E-state index contributed by atoms with van der Waals surface area (Å²) in [5, 5.41) is 6.46. The van der Waals surface area contributed by atoms with Crippen molar-refractivity contribution < 1.29 is 4.39 Å². The van der Waals surface area contributed by atoms with E-state index in [9.17, 15) is 4.39 Å². The van der Waals surface area contributed by atoms with Crippen LogP contribution in [0, 0.1) is 12.7 Å². The molecule has 0 radical (unpaired) electrons. The van der Waals surface area contributed by atoms with E-state index in [1.807, 2.05) is 13.0 Å². The van der Waals surface area contributed by atoms with Gasteiger partial charge in [0.1, 0.15) is 11.6 Å². The molecule has 0 spiro atoms. The van der Waals surface area contributed by atoms with Gasteiger partial charge in [-0.1, -0.05) is 0 Å². The van der Waals surface area contributed by atoms with E-state index in [4.69, 9.17) is 0 Å². The minimum absolute atomic E-state index is 0.272. The van der Waals surface area contributed by atoms with Gasteiger partial charge in [-0.25, -0.2) is 9.37 Å². The molecular weight excluding hydrogens is 353 g/mol. The summed E-state index contributed by atoms with van der Waals surface area (Å²) in [6.07, 6.45) is 3.87. The molecule has 1 fully saturated rings. The molecule has 0 amide bonds. The van der Waals surface area contributed by atoms with Crippen LogP contribution in [0.3, 0.4) is 0 Å². The second kappa shape index (κ2) is 8.25. The molecule has 0 aliphatic carbocycles. The summed E-state index contributed by atoms with van der Waals surface area (Å²) in [4.78, 5) is 11.4. The number of halogens is 1. The Balaban J connectivity index is 1.46. The third-order valence-corrected chi connectivity index (χ3v) is 4.82. The van der Waals surface area contributed by atoms with Gasteiger partial charge in [0.15, 0.2) is 0 Å². The van der Waals surface area contributed by atoms with Crippen LogP contribution in [0.2, 0.25) is 0 Å². The van der Waals surface area contributed by atoms with Gasteiger partial charge in [-0.05, 0) is 74.7 Å². The number of hydrogen-bond acceptors (Lipinski definition) is 5. The Morgan fingerprint density at radius 2 is 1.46 bits per heavy atom. The van der Waals surface area contributed by atoms with Crippen LogP contribution in [0.1, 0.15) is 25.0 Å². The van der Waals surface area contributed by atoms with Crippen molar-refractivity contribution in [2.75, 3.05) is 28.6 Å². The summed E-state index contributed by atoms with van der Waals surface area (Å²) in [6.45, 7) is 4.19. The Bertz CT molecular complexity index is 919. The monoisotopic (exact) mass is 377 g/mol. The fourth-order valence-corrected chi connectivity index (χ4v) is 3.41. The van der Waals surface area contributed by atoms with Crippen molar-refractivity contribution in [3.8, 4) is 0 Å². The Hall–Kier alpha value is -3.15. The van der Waals surface area contributed by atoms with E-state index >= 15 is 0 Å². The summed E-state index contributed by atoms with van der Waals surface area (Å²) >= 11 is 0. The normalized spacial score (nSPS) is 14.0. The van der Waals surface area contributed by atoms with Gasteiger partial charge in [0.05, 0.1) is 0 Å². The number of piperidine rings is 1. The van der Waals surface area contributed by atoms with Gasteiger partial charge in [0.2, 0.25) is 5.95 Å². The van der Waals surface area contributed by atoms with Gasteiger partial charge >= 0.3 is 0 Å². The molecule has 2 heterocycles. The Labute approximate surface area is 164 Å². The Morgan fingerprint density at radius 3 is 2.18 bits per heavy atom. The molecule has 2 aromatic carbocycles. The van der Waals surface area contributed by atoms with Crippen LogP contribution in [0.5, 0.6) is 0 Å². The summed E-state index contributed by atoms with van der Waals surface area (Å²) in [5.41, 5.74) is 3.82. The number of nitrogens with zero attached hydrogens (tertiary/aromatic N) is 3. The average molecular weight is 377 g/mol. The van der Waals surface area contributed by atoms with Crippen molar-refractivity contribution in [1.29, 1.82) is 0 Å². The predicted molar refractivity (Wildman–Crippen MR) is 112 cm³/mol. The molecule has 0 unspecified atom stereocenters. The first kappa shape index (κ1) is 18.2. The zero-order valence-electron chi connectivity index (χ0n) is 16.0. The van der Waals surface area contributed by atoms with Crippen LogP contribution < -0.4 is 15.5 Å².